The van der Waals surface area contributed by atoms with Gasteiger partial charge in [0, 0.05) is 10.7 Å². The van der Waals surface area contributed by atoms with Crippen LogP contribution >= 0.6 is 11.6 Å². The van der Waals surface area contributed by atoms with Crippen molar-refractivity contribution in [1.82, 2.24) is 15.0 Å². The van der Waals surface area contributed by atoms with Gasteiger partial charge in [0.15, 0.2) is 0 Å². The van der Waals surface area contributed by atoms with Gasteiger partial charge in [-0.1, -0.05) is 41.9 Å². The predicted octanol–water partition coefficient (Wildman–Crippen LogP) is 4.56. The average molecular weight is 429 g/mol. The molecule has 0 aliphatic heterocycles. The van der Waals surface area contributed by atoms with Crippen LogP contribution in [0.25, 0.3) is 11.4 Å². The topological polar surface area (TPSA) is 80.5 Å². The van der Waals surface area contributed by atoms with Gasteiger partial charge in [0.25, 0.3) is 0 Å². The molecule has 0 atom stereocenters. The van der Waals surface area contributed by atoms with E-state index in [4.69, 9.17) is 20.9 Å². The Morgan fingerprint density at radius 3 is 2.80 bits per heavy atom. The van der Waals surface area contributed by atoms with Crippen LogP contribution in [0.3, 0.4) is 0 Å². The molecule has 0 radical (unpaired) electrons. The van der Waals surface area contributed by atoms with Gasteiger partial charge in [-0.05, 0) is 50.2 Å². The van der Waals surface area contributed by atoms with E-state index in [9.17, 15) is 4.79 Å². The molecule has 158 valence electrons. The first kappa shape index (κ1) is 21.8. The van der Waals surface area contributed by atoms with Crippen molar-refractivity contribution in [2.75, 3.05) is 25.0 Å². The van der Waals surface area contributed by atoms with E-state index in [1.165, 1.54) is 0 Å². The second-order valence-corrected chi connectivity index (χ2v) is 7.19. The zero-order valence-electron chi connectivity index (χ0n) is 17.3. The number of anilines is 1. The number of ether oxygens (including phenoxy) is 1. The van der Waals surface area contributed by atoms with Crippen molar-refractivity contribution in [2.24, 2.45) is 0 Å². The maximum absolute atomic E-state index is 12.5. The number of carbonyl (C=O) groups is 1. The standard InChI is InChI=1S/C22H25ClN4O3/c1-4-27(13-20(28)24-18-12-16(23)11-10-15(18)3)14-21-25-22(26-30-21)17-8-6-7-9-19(17)29-5-2/h6-12H,4-5,13-14H2,1-3H3,(H,24,28). The Kier molecular flexibility index (Phi) is 7.43. The zero-order chi connectivity index (χ0) is 21.5. The fourth-order valence-electron chi connectivity index (χ4n) is 2.95. The summed E-state index contributed by atoms with van der Waals surface area (Å²) in [4.78, 5) is 18.9. The molecule has 0 aliphatic carbocycles. The van der Waals surface area contributed by atoms with Gasteiger partial charge in [-0.2, -0.15) is 4.98 Å². The molecule has 0 aliphatic rings. The summed E-state index contributed by atoms with van der Waals surface area (Å²) in [6.45, 7) is 7.57. The molecule has 7 nitrogen and oxygen atoms in total. The number of nitrogens with zero attached hydrogens (tertiary/aromatic N) is 3. The number of rotatable bonds is 9. The third kappa shape index (κ3) is 5.58. The molecule has 0 unspecified atom stereocenters. The highest BCUT2D eigenvalue weighted by atomic mass is 35.5. The third-order valence-corrected chi connectivity index (χ3v) is 4.78. The van der Waals surface area contributed by atoms with E-state index >= 15 is 0 Å². The number of amides is 1. The summed E-state index contributed by atoms with van der Waals surface area (Å²) in [5.41, 5.74) is 2.42. The number of likely N-dealkylation sites (N-methyl/N-ethyl adjacent to an activating group) is 1. The number of hydrogen-bond acceptors (Lipinski definition) is 6. The molecule has 8 heteroatoms. The molecule has 1 N–H and O–H groups in total. The van der Waals surface area contributed by atoms with Crippen molar-refractivity contribution >= 4 is 23.2 Å². The lowest BCUT2D eigenvalue weighted by atomic mass is 10.2. The molecule has 30 heavy (non-hydrogen) atoms. The zero-order valence-corrected chi connectivity index (χ0v) is 18.1. The number of para-hydroxylation sites is 1. The average Bonchev–Trinajstić information content (AvgIpc) is 3.19. The fourth-order valence-corrected chi connectivity index (χ4v) is 3.13. The van der Waals surface area contributed by atoms with Crippen molar-refractivity contribution in [3.8, 4) is 17.1 Å². The molecular weight excluding hydrogens is 404 g/mol. The van der Waals surface area contributed by atoms with Crippen molar-refractivity contribution in [3.05, 3.63) is 58.9 Å². The van der Waals surface area contributed by atoms with Crippen LogP contribution in [0.5, 0.6) is 5.75 Å². The number of hydrogen-bond donors (Lipinski definition) is 1. The lowest BCUT2D eigenvalue weighted by molar-refractivity contribution is -0.117. The smallest absolute Gasteiger partial charge is 0.241 e. The first-order valence-electron chi connectivity index (χ1n) is 9.83. The Morgan fingerprint density at radius 1 is 1.23 bits per heavy atom. The Morgan fingerprint density at radius 2 is 2.03 bits per heavy atom. The number of aryl methyl sites for hydroxylation is 1. The summed E-state index contributed by atoms with van der Waals surface area (Å²) in [6.07, 6.45) is 0. The molecule has 2 aromatic carbocycles. The maximum Gasteiger partial charge on any atom is 0.241 e. The molecule has 0 spiro atoms. The van der Waals surface area contributed by atoms with Gasteiger partial charge >= 0.3 is 0 Å². The van der Waals surface area contributed by atoms with Crippen LogP contribution in [0.4, 0.5) is 5.69 Å². The second-order valence-electron chi connectivity index (χ2n) is 6.75. The summed E-state index contributed by atoms with van der Waals surface area (Å²) in [5, 5.41) is 7.56. The van der Waals surface area contributed by atoms with Crippen molar-refractivity contribution < 1.29 is 14.1 Å². The summed E-state index contributed by atoms with van der Waals surface area (Å²) in [7, 11) is 0. The molecule has 0 fully saturated rings. The molecular formula is C22H25ClN4O3. The fraction of sp³-hybridized carbons (Fsp3) is 0.318. The number of carbonyl (C=O) groups excluding carboxylic acids is 1. The number of halogens is 1. The highest BCUT2D eigenvalue weighted by Crippen LogP contribution is 2.27. The minimum atomic E-state index is -0.136. The number of benzene rings is 2. The lowest BCUT2D eigenvalue weighted by Crippen LogP contribution is -2.33. The normalized spacial score (nSPS) is 11.0. The van der Waals surface area contributed by atoms with E-state index < -0.39 is 0 Å². The molecule has 1 aromatic heterocycles. The van der Waals surface area contributed by atoms with Gasteiger partial charge in [-0.3, -0.25) is 9.69 Å². The molecule has 3 rings (SSSR count). The third-order valence-electron chi connectivity index (χ3n) is 4.54. The SMILES string of the molecule is CCOc1ccccc1-c1noc(CN(CC)CC(=O)Nc2cc(Cl)ccc2C)n1. The van der Waals surface area contributed by atoms with Gasteiger partial charge in [-0.15, -0.1) is 0 Å². The van der Waals surface area contributed by atoms with E-state index in [1.54, 1.807) is 12.1 Å². The Balaban J connectivity index is 1.65. The van der Waals surface area contributed by atoms with Crippen LogP contribution < -0.4 is 10.1 Å². The van der Waals surface area contributed by atoms with Gasteiger partial charge in [0.2, 0.25) is 17.6 Å². The van der Waals surface area contributed by atoms with E-state index in [0.717, 1.165) is 11.1 Å². The lowest BCUT2D eigenvalue weighted by Gasteiger charge is -2.18. The number of nitrogens with one attached hydrogen (secondary N) is 1. The van der Waals surface area contributed by atoms with Crippen LogP contribution in [-0.4, -0.2) is 40.6 Å². The maximum atomic E-state index is 12.5. The van der Waals surface area contributed by atoms with Crippen molar-refractivity contribution in [2.45, 2.75) is 27.3 Å². The summed E-state index contributed by atoms with van der Waals surface area (Å²) < 4.78 is 11.0. The predicted molar refractivity (Wildman–Crippen MR) is 117 cm³/mol. The largest absolute Gasteiger partial charge is 0.493 e. The van der Waals surface area contributed by atoms with Crippen LogP contribution in [0.15, 0.2) is 47.0 Å². The first-order chi connectivity index (χ1) is 14.5. The second kappa shape index (κ2) is 10.2. The van der Waals surface area contributed by atoms with Gasteiger partial charge in [0.05, 0.1) is 25.3 Å². The van der Waals surface area contributed by atoms with Crippen LogP contribution in [0.1, 0.15) is 25.3 Å². The highest BCUT2D eigenvalue weighted by Gasteiger charge is 2.17. The first-order valence-corrected chi connectivity index (χ1v) is 10.2. The van der Waals surface area contributed by atoms with E-state index in [1.807, 2.05) is 56.0 Å². The molecule has 0 saturated heterocycles. The Hall–Kier alpha value is -2.90. The van der Waals surface area contributed by atoms with Crippen molar-refractivity contribution in [1.29, 1.82) is 0 Å². The molecule has 1 heterocycles. The summed E-state index contributed by atoms with van der Waals surface area (Å²) in [6, 6.07) is 13.0. The summed E-state index contributed by atoms with van der Waals surface area (Å²) >= 11 is 6.03. The number of aromatic nitrogens is 2. The van der Waals surface area contributed by atoms with Gasteiger partial charge in [-0.25, -0.2) is 0 Å². The minimum absolute atomic E-state index is 0.136. The highest BCUT2D eigenvalue weighted by molar-refractivity contribution is 6.31. The van der Waals surface area contributed by atoms with Crippen LogP contribution in [0.2, 0.25) is 5.02 Å². The van der Waals surface area contributed by atoms with E-state index in [0.29, 0.717) is 47.9 Å². The minimum Gasteiger partial charge on any atom is -0.493 e. The molecule has 0 saturated carbocycles. The monoisotopic (exact) mass is 428 g/mol. The Labute approximate surface area is 181 Å². The molecule has 0 bridgehead atoms. The quantitative estimate of drug-likeness (QED) is 0.538. The van der Waals surface area contributed by atoms with Gasteiger partial charge < -0.3 is 14.6 Å². The molecule has 1 amide bonds. The molecule has 3 aromatic rings. The van der Waals surface area contributed by atoms with Crippen LogP contribution in [-0.2, 0) is 11.3 Å². The van der Waals surface area contributed by atoms with Gasteiger partial charge in [0.1, 0.15) is 5.75 Å². The van der Waals surface area contributed by atoms with Crippen LogP contribution in [0, 0.1) is 6.92 Å². The van der Waals surface area contributed by atoms with E-state index in [2.05, 4.69) is 15.5 Å². The van der Waals surface area contributed by atoms with Crippen molar-refractivity contribution in [3.63, 3.8) is 0 Å². The van der Waals surface area contributed by atoms with E-state index in [-0.39, 0.29) is 12.5 Å². The summed E-state index contributed by atoms with van der Waals surface area (Å²) in [5.74, 6) is 1.47. The Bertz CT molecular complexity index is 1010.